The van der Waals surface area contributed by atoms with Gasteiger partial charge in [0.15, 0.2) is 0 Å². The van der Waals surface area contributed by atoms with Crippen LogP contribution in [-0.2, 0) is 6.54 Å². The molecule has 6 N–H and O–H groups in total. The van der Waals surface area contributed by atoms with Gasteiger partial charge in [-0.3, -0.25) is 4.48 Å². The Morgan fingerprint density at radius 1 is 1.03 bits per heavy atom. The minimum atomic E-state index is -1.62. The molecule has 0 amide bonds. The third-order valence-electron chi connectivity index (χ3n) is 6.40. The summed E-state index contributed by atoms with van der Waals surface area (Å²) in [5.74, 6) is -1.62. The van der Waals surface area contributed by atoms with E-state index in [1.54, 1.807) is 0 Å². The summed E-state index contributed by atoms with van der Waals surface area (Å²) in [5, 5.41) is 34.3. The zero-order valence-electron chi connectivity index (χ0n) is 18.3. The molecule has 166 valence electrons. The van der Waals surface area contributed by atoms with Crippen LogP contribution < -0.4 is 11.1 Å². The Kier molecular flexibility index (Phi) is 9.53. The van der Waals surface area contributed by atoms with Gasteiger partial charge in [-0.25, -0.2) is 11.1 Å². The van der Waals surface area contributed by atoms with Gasteiger partial charge in [-0.05, 0) is 32.1 Å². The Hall–Kier alpha value is -1.02. The number of aliphatic hydroxyl groups is 3. The maximum atomic E-state index is 11.3. The molecule has 0 aromatic heterocycles. The van der Waals surface area contributed by atoms with Gasteiger partial charge in [0.2, 0.25) is 0 Å². The second-order valence-electron chi connectivity index (χ2n) is 9.05. The van der Waals surface area contributed by atoms with Crippen molar-refractivity contribution < 1.29 is 19.8 Å². The van der Waals surface area contributed by atoms with Gasteiger partial charge in [0.1, 0.15) is 6.54 Å². The molecule has 0 bridgehead atoms. The third kappa shape index (κ3) is 7.31. The molecule has 5 unspecified atom stereocenters. The highest BCUT2D eigenvalue weighted by Crippen LogP contribution is 2.25. The van der Waals surface area contributed by atoms with Crippen molar-refractivity contribution in [2.75, 3.05) is 13.6 Å². The number of nitrogens with two attached hydrogens (primary N) is 1. The number of nitrogens with zero attached hydrogens (tertiary/aromatic N) is 1. The molecule has 1 aliphatic carbocycles. The number of unbranched alkanes of at least 4 members (excludes halogenated alkanes) is 5. The van der Waals surface area contributed by atoms with Gasteiger partial charge in [-0.15, -0.1) is 0 Å². The minimum Gasteiger partial charge on any atom is -0.390 e. The van der Waals surface area contributed by atoms with Crippen LogP contribution in [0.5, 0.6) is 0 Å². The van der Waals surface area contributed by atoms with Gasteiger partial charge in [0.25, 0.3) is 0 Å². The van der Waals surface area contributed by atoms with Crippen LogP contribution in [0.4, 0.5) is 0 Å². The molecule has 0 spiro atoms. The number of hydrogen-bond donors (Lipinski definition) is 5. The monoisotopic (exact) mass is 408 g/mol. The summed E-state index contributed by atoms with van der Waals surface area (Å²) in [5.41, 5.74) is 7.62. The second kappa shape index (κ2) is 11.4. The lowest BCUT2D eigenvalue weighted by Crippen LogP contribution is -2.76. The minimum absolute atomic E-state index is 0.124. The summed E-state index contributed by atoms with van der Waals surface area (Å²) >= 11 is 0. The van der Waals surface area contributed by atoms with Crippen LogP contribution in [0.1, 0.15) is 70.3 Å². The number of quaternary nitrogens is 1. The maximum absolute atomic E-state index is 11.3. The van der Waals surface area contributed by atoms with E-state index < -0.39 is 18.2 Å². The van der Waals surface area contributed by atoms with E-state index in [9.17, 15) is 15.3 Å². The lowest BCUT2D eigenvalue weighted by Gasteiger charge is -2.47. The summed E-state index contributed by atoms with van der Waals surface area (Å²) in [6.07, 6.45) is 7.22. The topological polar surface area (TPSA) is 98.7 Å². The largest absolute Gasteiger partial charge is 0.390 e. The summed E-state index contributed by atoms with van der Waals surface area (Å²) in [6, 6.07) is 10.0. The Bertz CT molecular complexity index is 584. The molecule has 1 aromatic rings. The van der Waals surface area contributed by atoms with E-state index in [0.717, 1.165) is 24.9 Å². The Morgan fingerprint density at radius 2 is 1.69 bits per heavy atom. The second-order valence-corrected chi connectivity index (χ2v) is 9.05. The first-order valence-electron chi connectivity index (χ1n) is 11.3. The average Bonchev–Trinajstić information content (AvgIpc) is 2.68. The van der Waals surface area contributed by atoms with Crippen molar-refractivity contribution in [1.82, 2.24) is 5.32 Å². The summed E-state index contributed by atoms with van der Waals surface area (Å²) < 4.78 is 0.264. The molecule has 1 fully saturated rings. The Balaban J connectivity index is 2.05. The van der Waals surface area contributed by atoms with Crippen molar-refractivity contribution in [3.63, 3.8) is 0 Å². The van der Waals surface area contributed by atoms with Crippen molar-refractivity contribution in [1.29, 1.82) is 0 Å². The molecule has 5 atom stereocenters. The fourth-order valence-electron chi connectivity index (χ4n) is 4.32. The summed E-state index contributed by atoms with van der Waals surface area (Å²) in [6.45, 7) is 3.60. The van der Waals surface area contributed by atoms with Crippen molar-refractivity contribution in [2.24, 2.45) is 5.73 Å². The van der Waals surface area contributed by atoms with Crippen LogP contribution >= 0.6 is 0 Å². The van der Waals surface area contributed by atoms with Crippen LogP contribution in [0.2, 0.25) is 0 Å². The van der Waals surface area contributed by atoms with Gasteiger partial charge in [0.05, 0.1) is 25.8 Å². The molecule has 6 heteroatoms. The van der Waals surface area contributed by atoms with Crippen molar-refractivity contribution in [2.45, 2.75) is 95.5 Å². The molecular weight excluding hydrogens is 366 g/mol. The van der Waals surface area contributed by atoms with E-state index in [1.807, 2.05) is 25.2 Å². The van der Waals surface area contributed by atoms with Crippen molar-refractivity contribution in [3.05, 3.63) is 35.9 Å². The fourth-order valence-corrected chi connectivity index (χ4v) is 4.32. The van der Waals surface area contributed by atoms with E-state index in [4.69, 9.17) is 5.73 Å². The van der Waals surface area contributed by atoms with Crippen LogP contribution in [0.3, 0.4) is 0 Å². The molecule has 0 saturated heterocycles. The highest BCUT2D eigenvalue weighted by molar-refractivity contribution is 5.13. The Labute approximate surface area is 176 Å². The van der Waals surface area contributed by atoms with E-state index in [0.29, 0.717) is 25.8 Å². The molecule has 0 heterocycles. The molecular formula is C23H42N3O3+. The highest BCUT2D eigenvalue weighted by atomic mass is 16.4. The SMILES string of the molecule is CCCCCCCC[N+](C)(Cc1ccccc1)C(N)(O)NC1CCC(O)C(O)C1. The Morgan fingerprint density at radius 3 is 2.34 bits per heavy atom. The van der Waals surface area contributed by atoms with Crippen molar-refractivity contribution >= 4 is 0 Å². The van der Waals surface area contributed by atoms with Gasteiger partial charge in [-0.2, -0.15) is 0 Å². The van der Waals surface area contributed by atoms with Crippen LogP contribution in [0, 0.1) is 0 Å². The lowest BCUT2D eigenvalue weighted by atomic mass is 9.90. The molecule has 1 aromatic carbocycles. The van der Waals surface area contributed by atoms with Gasteiger partial charge in [0, 0.05) is 11.6 Å². The number of rotatable bonds is 12. The lowest BCUT2D eigenvalue weighted by molar-refractivity contribution is -0.999. The predicted octanol–water partition coefficient (Wildman–Crippen LogP) is 2.42. The van der Waals surface area contributed by atoms with E-state index in [-0.39, 0.29) is 10.5 Å². The van der Waals surface area contributed by atoms with Gasteiger partial charge < -0.3 is 15.3 Å². The van der Waals surface area contributed by atoms with E-state index >= 15 is 0 Å². The zero-order valence-corrected chi connectivity index (χ0v) is 18.3. The van der Waals surface area contributed by atoms with Gasteiger partial charge in [-0.1, -0.05) is 62.9 Å². The molecule has 0 aliphatic heterocycles. The first-order valence-corrected chi connectivity index (χ1v) is 11.3. The first kappa shape index (κ1) is 24.3. The van der Waals surface area contributed by atoms with Crippen LogP contribution in [-0.4, -0.2) is 57.6 Å². The highest BCUT2D eigenvalue weighted by Gasteiger charge is 2.46. The fraction of sp³-hybridized carbons (Fsp3) is 0.739. The third-order valence-corrected chi connectivity index (χ3v) is 6.40. The molecule has 1 saturated carbocycles. The maximum Gasteiger partial charge on any atom is 0.323 e. The first-order chi connectivity index (χ1) is 13.8. The number of aliphatic hydroxyl groups excluding tert-OH is 2. The van der Waals surface area contributed by atoms with Crippen LogP contribution in [0.25, 0.3) is 0 Å². The zero-order chi connectivity index (χ0) is 21.3. The molecule has 29 heavy (non-hydrogen) atoms. The van der Waals surface area contributed by atoms with Crippen molar-refractivity contribution in [3.8, 4) is 0 Å². The molecule has 6 nitrogen and oxygen atoms in total. The number of nitrogens with one attached hydrogen (secondary N) is 1. The number of benzene rings is 1. The van der Waals surface area contributed by atoms with E-state index in [2.05, 4.69) is 24.4 Å². The summed E-state index contributed by atoms with van der Waals surface area (Å²) in [4.78, 5) is 0. The molecule has 1 aliphatic rings. The quantitative estimate of drug-likeness (QED) is 0.208. The number of hydrogen-bond acceptors (Lipinski definition) is 5. The summed E-state index contributed by atoms with van der Waals surface area (Å²) in [7, 11) is 2.00. The average molecular weight is 409 g/mol. The van der Waals surface area contributed by atoms with E-state index in [1.165, 1.54) is 25.7 Å². The standard InChI is InChI=1S/C23H42N3O3/c1-3-4-5-6-7-11-16-26(2,18-19-12-9-8-10-13-19)23(24,29)25-20-14-15-21(27)22(28)17-20/h8-10,12-13,20-22,25,27-29H,3-7,11,14-18,24H2,1-2H3/q+1. The predicted molar refractivity (Wildman–Crippen MR) is 116 cm³/mol. The molecule has 0 radical (unpaired) electrons. The van der Waals surface area contributed by atoms with Crippen LogP contribution in [0.15, 0.2) is 30.3 Å². The smallest absolute Gasteiger partial charge is 0.323 e. The normalized spacial score (nSPS) is 26.6. The molecule has 2 rings (SSSR count). The van der Waals surface area contributed by atoms with Gasteiger partial charge >= 0.3 is 5.97 Å².